The molecule has 0 radical (unpaired) electrons. The van der Waals surface area contributed by atoms with Crippen molar-refractivity contribution >= 4 is 29.3 Å². The van der Waals surface area contributed by atoms with Gasteiger partial charge in [-0.25, -0.2) is 9.59 Å². The summed E-state index contributed by atoms with van der Waals surface area (Å²) in [6.07, 6.45) is -0.920. The van der Waals surface area contributed by atoms with Crippen molar-refractivity contribution in [1.82, 2.24) is 0 Å². The van der Waals surface area contributed by atoms with E-state index in [9.17, 15) is 24.3 Å². The van der Waals surface area contributed by atoms with Gasteiger partial charge in [0.15, 0.2) is 11.6 Å². The third kappa shape index (κ3) is 3.51. The van der Waals surface area contributed by atoms with E-state index >= 15 is 0 Å². The number of carbonyl (C=O) groups is 4. The van der Waals surface area contributed by atoms with E-state index in [4.69, 9.17) is 4.74 Å². The summed E-state index contributed by atoms with van der Waals surface area (Å²) in [5.41, 5.74) is 3.88. The Morgan fingerprint density at radius 1 is 0.703 bits per heavy atom. The molecule has 2 N–H and O–H groups in total. The lowest BCUT2D eigenvalue weighted by Crippen LogP contribution is -2.26. The van der Waals surface area contributed by atoms with Gasteiger partial charge >= 0.3 is 12.1 Å². The van der Waals surface area contributed by atoms with Crippen molar-refractivity contribution in [3.05, 3.63) is 124 Å². The number of anilines is 1. The molecule has 180 valence electrons. The second-order valence-electron chi connectivity index (χ2n) is 8.87. The molecule has 7 heteroatoms. The molecule has 1 amide bonds. The Hall–Kier alpha value is -5.04. The van der Waals surface area contributed by atoms with Crippen LogP contribution >= 0.6 is 0 Å². The maximum absolute atomic E-state index is 13.3. The first-order chi connectivity index (χ1) is 18.0. The Bertz CT molecular complexity index is 1610. The Kier molecular flexibility index (Phi) is 5.19. The van der Waals surface area contributed by atoms with E-state index in [1.165, 1.54) is 18.2 Å². The molecule has 0 fully saturated rings. The normalized spacial score (nSPS) is 13.3. The van der Waals surface area contributed by atoms with Crippen molar-refractivity contribution < 1.29 is 29.0 Å². The first kappa shape index (κ1) is 22.4. The van der Waals surface area contributed by atoms with Gasteiger partial charge in [0.2, 0.25) is 0 Å². The molecule has 0 atom stereocenters. The summed E-state index contributed by atoms with van der Waals surface area (Å²) in [4.78, 5) is 51.3. The van der Waals surface area contributed by atoms with Gasteiger partial charge in [0.25, 0.3) is 0 Å². The lowest BCUT2D eigenvalue weighted by atomic mass is 9.82. The van der Waals surface area contributed by atoms with E-state index in [0.717, 1.165) is 22.3 Å². The van der Waals surface area contributed by atoms with Crippen LogP contribution in [-0.4, -0.2) is 35.3 Å². The average Bonchev–Trinajstić information content (AvgIpc) is 3.24. The number of carboxylic acid groups (broad SMARTS) is 1. The van der Waals surface area contributed by atoms with Crippen LogP contribution in [0.2, 0.25) is 0 Å². The molecule has 0 heterocycles. The number of rotatable bonds is 4. The van der Waals surface area contributed by atoms with E-state index in [1.807, 2.05) is 48.5 Å². The number of ketones is 2. The van der Waals surface area contributed by atoms with E-state index in [0.29, 0.717) is 0 Å². The van der Waals surface area contributed by atoms with Gasteiger partial charge in [-0.05, 0) is 34.4 Å². The second-order valence-corrected chi connectivity index (χ2v) is 8.87. The molecule has 37 heavy (non-hydrogen) atoms. The van der Waals surface area contributed by atoms with Gasteiger partial charge < -0.3 is 9.84 Å². The number of carbonyl (C=O) groups excluding carboxylic acids is 3. The minimum absolute atomic E-state index is 0.00694. The number of ether oxygens (including phenoxy) is 1. The predicted molar refractivity (Wildman–Crippen MR) is 135 cm³/mol. The SMILES string of the molecule is O=C(Nc1c(C(=O)O)ccc2c1C(=O)c1ccccc1C2=O)OCC1c2ccccc2-c2ccccc21. The quantitative estimate of drug-likeness (QED) is 0.344. The summed E-state index contributed by atoms with van der Waals surface area (Å²) < 4.78 is 5.56. The van der Waals surface area contributed by atoms with Crippen LogP contribution < -0.4 is 5.32 Å². The van der Waals surface area contributed by atoms with Crippen LogP contribution in [0.4, 0.5) is 10.5 Å². The third-order valence-electron chi connectivity index (χ3n) is 6.89. The molecular formula is C30H19NO6. The average molecular weight is 489 g/mol. The molecule has 4 aromatic carbocycles. The number of benzene rings is 4. The highest BCUT2D eigenvalue weighted by molar-refractivity contribution is 6.31. The van der Waals surface area contributed by atoms with Crippen LogP contribution in [0, 0.1) is 0 Å². The molecule has 0 aliphatic heterocycles. The van der Waals surface area contributed by atoms with Crippen molar-refractivity contribution in [3.8, 4) is 11.1 Å². The standard InChI is InChI=1S/C30H19NO6/c32-27-20-11-5-6-12-21(20)28(33)25-22(27)13-14-23(29(34)35)26(25)31-30(36)37-15-24-18-9-3-1-7-16(18)17-8-2-4-10-19(17)24/h1-14,24H,15H2,(H,31,36)(H,34,35). The van der Waals surface area contributed by atoms with Gasteiger partial charge in [0, 0.05) is 22.6 Å². The number of aromatic carboxylic acids is 1. The van der Waals surface area contributed by atoms with Gasteiger partial charge in [-0.3, -0.25) is 14.9 Å². The molecule has 0 spiro atoms. The lowest BCUT2D eigenvalue weighted by molar-refractivity contribution is 0.0697. The molecule has 7 nitrogen and oxygen atoms in total. The van der Waals surface area contributed by atoms with Crippen LogP contribution in [0.25, 0.3) is 11.1 Å². The summed E-state index contributed by atoms with van der Waals surface area (Å²) in [6, 6.07) is 24.6. The predicted octanol–water partition coefficient (Wildman–Crippen LogP) is 5.52. The van der Waals surface area contributed by atoms with Crippen molar-refractivity contribution in [2.45, 2.75) is 5.92 Å². The molecule has 2 aliphatic rings. The van der Waals surface area contributed by atoms with Crippen LogP contribution in [0.1, 0.15) is 59.2 Å². The molecule has 4 aromatic rings. The largest absolute Gasteiger partial charge is 0.478 e. The molecule has 6 rings (SSSR count). The van der Waals surface area contributed by atoms with Crippen LogP contribution in [0.5, 0.6) is 0 Å². The van der Waals surface area contributed by atoms with Gasteiger partial charge in [-0.2, -0.15) is 0 Å². The molecule has 2 aliphatic carbocycles. The number of hydrogen-bond donors (Lipinski definition) is 2. The maximum atomic E-state index is 13.3. The van der Waals surface area contributed by atoms with Crippen molar-refractivity contribution in [2.24, 2.45) is 0 Å². The van der Waals surface area contributed by atoms with E-state index in [-0.39, 0.29) is 46.0 Å². The number of nitrogens with one attached hydrogen (secondary N) is 1. The van der Waals surface area contributed by atoms with E-state index < -0.39 is 23.6 Å². The Labute approximate surface area is 211 Å². The number of carboxylic acids is 1. The summed E-state index contributed by atoms with van der Waals surface area (Å²) >= 11 is 0. The summed E-state index contributed by atoms with van der Waals surface area (Å²) in [5, 5.41) is 12.2. The van der Waals surface area contributed by atoms with Crippen molar-refractivity contribution in [3.63, 3.8) is 0 Å². The number of fused-ring (bicyclic) bond motifs is 5. The van der Waals surface area contributed by atoms with Crippen LogP contribution in [-0.2, 0) is 4.74 Å². The highest BCUT2D eigenvalue weighted by Crippen LogP contribution is 2.44. The third-order valence-corrected chi connectivity index (χ3v) is 6.89. The first-order valence-electron chi connectivity index (χ1n) is 11.7. The Morgan fingerprint density at radius 3 is 1.84 bits per heavy atom. The zero-order chi connectivity index (χ0) is 25.7. The monoisotopic (exact) mass is 489 g/mol. The van der Waals surface area contributed by atoms with Gasteiger partial charge in [0.05, 0.1) is 16.8 Å². The summed E-state index contributed by atoms with van der Waals surface area (Å²) in [5.74, 6) is -2.51. The van der Waals surface area contributed by atoms with Crippen LogP contribution in [0.15, 0.2) is 84.9 Å². The highest BCUT2D eigenvalue weighted by Gasteiger charge is 2.35. The lowest BCUT2D eigenvalue weighted by Gasteiger charge is -2.22. The van der Waals surface area contributed by atoms with Gasteiger partial charge in [-0.15, -0.1) is 0 Å². The summed E-state index contributed by atoms with van der Waals surface area (Å²) in [7, 11) is 0. The van der Waals surface area contributed by atoms with E-state index in [1.54, 1.807) is 18.2 Å². The molecular weight excluding hydrogens is 470 g/mol. The fourth-order valence-electron chi connectivity index (χ4n) is 5.23. The fraction of sp³-hybridized carbons (Fsp3) is 0.0667. The molecule has 0 unspecified atom stereocenters. The molecule has 0 bridgehead atoms. The maximum Gasteiger partial charge on any atom is 0.411 e. The van der Waals surface area contributed by atoms with Crippen LogP contribution in [0.3, 0.4) is 0 Å². The minimum Gasteiger partial charge on any atom is -0.478 e. The zero-order valence-electron chi connectivity index (χ0n) is 19.4. The second kappa shape index (κ2) is 8.57. The van der Waals surface area contributed by atoms with Gasteiger partial charge in [0.1, 0.15) is 6.61 Å². The van der Waals surface area contributed by atoms with E-state index in [2.05, 4.69) is 5.32 Å². The first-order valence-corrected chi connectivity index (χ1v) is 11.7. The Morgan fingerprint density at radius 2 is 1.24 bits per heavy atom. The van der Waals surface area contributed by atoms with Gasteiger partial charge in [-0.1, -0.05) is 72.8 Å². The minimum atomic E-state index is -1.35. The molecule has 0 saturated carbocycles. The van der Waals surface area contributed by atoms with Crippen molar-refractivity contribution in [2.75, 3.05) is 11.9 Å². The highest BCUT2D eigenvalue weighted by atomic mass is 16.5. The summed E-state index contributed by atoms with van der Waals surface area (Å²) in [6.45, 7) is 0.00694. The van der Waals surface area contributed by atoms with Crippen molar-refractivity contribution in [1.29, 1.82) is 0 Å². The fourth-order valence-corrected chi connectivity index (χ4v) is 5.23. The Balaban J connectivity index is 1.32. The smallest absolute Gasteiger partial charge is 0.411 e. The molecule has 0 saturated heterocycles. The number of amides is 1. The topological polar surface area (TPSA) is 110 Å². The molecule has 0 aromatic heterocycles. The zero-order valence-corrected chi connectivity index (χ0v) is 19.4. The number of hydrogen-bond acceptors (Lipinski definition) is 5.